The fourth-order valence-electron chi connectivity index (χ4n) is 1.98. The molecule has 0 saturated carbocycles. The zero-order chi connectivity index (χ0) is 9.10. The van der Waals surface area contributed by atoms with Gasteiger partial charge in [-0.3, -0.25) is 0 Å². The van der Waals surface area contributed by atoms with E-state index in [1.165, 1.54) is 24.3 Å². The predicted molar refractivity (Wildman–Crippen MR) is 61.0 cm³/mol. The van der Waals surface area contributed by atoms with Crippen molar-refractivity contribution in [2.24, 2.45) is 5.92 Å². The van der Waals surface area contributed by atoms with Gasteiger partial charge in [-0.05, 0) is 31.1 Å². The van der Waals surface area contributed by atoms with Gasteiger partial charge in [0, 0.05) is 11.7 Å². The van der Waals surface area contributed by atoms with Crippen molar-refractivity contribution in [2.75, 3.05) is 11.5 Å². The van der Waals surface area contributed by atoms with Crippen molar-refractivity contribution < 1.29 is 0 Å². The van der Waals surface area contributed by atoms with E-state index in [4.69, 9.17) is 0 Å². The molecule has 2 aliphatic rings. The zero-order valence-corrected chi connectivity index (χ0v) is 8.94. The van der Waals surface area contributed by atoms with Crippen molar-refractivity contribution in [3.63, 3.8) is 0 Å². The van der Waals surface area contributed by atoms with Crippen LogP contribution in [-0.4, -0.2) is 11.5 Å². The summed E-state index contributed by atoms with van der Waals surface area (Å²) >= 11 is 2.10. The Morgan fingerprint density at radius 2 is 2.31 bits per heavy atom. The molecule has 0 bridgehead atoms. The maximum Gasteiger partial charge on any atom is 0.0111 e. The molecule has 0 spiro atoms. The fraction of sp³-hybridized carbons (Fsp3) is 0.500. The summed E-state index contributed by atoms with van der Waals surface area (Å²) in [4.78, 5) is 0. The van der Waals surface area contributed by atoms with Gasteiger partial charge in [0.1, 0.15) is 0 Å². The summed E-state index contributed by atoms with van der Waals surface area (Å²) in [6, 6.07) is 0. The van der Waals surface area contributed by atoms with Crippen molar-refractivity contribution in [2.45, 2.75) is 19.8 Å². The average molecular weight is 192 g/mol. The Balaban J connectivity index is 2.26. The van der Waals surface area contributed by atoms with E-state index in [-0.39, 0.29) is 0 Å². The quantitative estimate of drug-likeness (QED) is 0.565. The van der Waals surface area contributed by atoms with Crippen molar-refractivity contribution in [1.29, 1.82) is 0 Å². The van der Waals surface area contributed by atoms with Gasteiger partial charge in [0.15, 0.2) is 0 Å². The van der Waals surface area contributed by atoms with Crippen LogP contribution in [-0.2, 0) is 0 Å². The van der Waals surface area contributed by atoms with Crippen molar-refractivity contribution in [1.82, 2.24) is 0 Å². The van der Waals surface area contributed by atoms with Gasteiger partial charge in [0.25, 0.3) is 0 Å². The Bertz CT molecular complexity index is 271. The van der Waals surface area contributed by atoms with E-state index in [1.807, 2.05) is 0 Å². The van der Waals surface area contributed by atoms with Crippen LogP contribution in [0.4, 0.5) is 0 Å². The van der Waals surface area contributed by atoms with Gasteiger partial charge in [-0.15, -0.1) is 0 Å². The van der Waals surface area contributed by atoms with Crippen LogP contribution >= 0.6 is 11.8 Å². The van der Waals surface area contributed by atoms with Crippen LogP contribution < -0.4 is 0 Å². The van der Waals surface area contributed by atoms with Crippen LogP contribution in [0.3, 0.4) is 0 Å². The van der Waals surface area contributed by atoms with Crippen LogP contribution in [0.25, 0.3) is 0 Å². The molecule has 0 nitrogen and oxygen atoms in total. The molecule has 0 N–H and O–H groups in total. The summed E-state index contributed by atoms with van der Waals surface area (Å²) in [6.45, 7) is 2.29. The van der Waals surface area contributed by atoms with Gasteiger partial charge in [-0.1, -0.05) is 29.9 Å². The second-order valence-corrected chi connectivity index (χ2v) is 4.91. The Kier molecular flexibility index (Phi) is 2.94. The third kappa shape index (κ3) is 2.08. The highest BCUT2D eigenvalue weighted by molar-refractivity contribution is 7.99. The molecule has 70 valence electrons. The lowest BCUT2D eigenvalue weighted by molar-refractivity contribution is 0.814. The molecule has 1 heteroatoms. The third-order valence-corrected chi connectivity index (χ3v) is 3.93. The largest absolute Gasteiger partial charge is 0.161 e. The lowest BCUT2D eigenvalue weighted by Gasteiger charge is -2.22. The van der Waals surface area contributed by atoms with E-state index in [0.29, 0.717) is 5.92 Å². The molecule has 1 unspecified atom stereocenters. The third-order valence-electron chi connectivity index (χ3n) is 2.76. The molecular formula is C12H16S. The molecule has 0 amide bonds. The van der Waals surface area contributed by atoms with Gasteiger partial charge in [-0.25, -0.2) is 0 Å². The van der Waals surface area contributed by atoms with Crippen LogP contribution in [0.5, 0.6) is 0 Å². The van der Waals surface area contributed by atoms with Crippen LogP contribution in [0, 0.1) is 5.92 Å². The number of rotatable bonds is 0. The molecule has 0 saturated heterocycles. The summed E-state index contributed by atoms with van der Waals surface area (Å²) in [7, 11) is 0. The first-order valence-electron chi connectivity index (χ1n) is 5.00. The molecule has 0 fully saturated rings. The fourth-order valence-corrected chi connectivity index (χ4v) is 3.04. The Hall–Kier alpha value is -0.430. The van der Waals surface area contributed by atoms with E-state index < -0.39 is 0 Å². The minimum Gasteiger partial charge on any atom is -0.161 e. The van der Waals surface area contributed by atoms with Crippen molar-refractivity contribution >= 4 is 11.8 Å². The van der Waals surface area contributed by atoms with E-state index >= 15 is 0 Å². The first kappa shape index (κ1) is 9.14. The van der Waals surface area contributed by atoms with Gasteiger partial charge in [-0.2, -0.15) is 11.8 Å². The molecule has 2 rings (SSSR count). The molecule has 1 heterocycles. The molecule has 1 aliphatic heterocycles. The average Bonchev–Trinajstić information content (AvgIpc) is 2.14. The molecule has 0 aromatic heterocycles. The standard InChI is InChI=1S/C12H16S/c1-10-5-4-8-13-9-11-6-2-3-7-12(10)11/h2-3,6-7,11H,4-5,8-9H2,1H3/b12-10-. The molecule has 0 aromatic carbocycles. The molecule has 0 radical (unpaired) electrons. The topological polar surface area (TPSA) is 0 Å². The summed E-state index contributed by atoms with van der Waals surface area (Å²) in [5, 5.41) is 0. The van der Waals surface area contributed by atoms with Crippen molar-refractivity contribution in [3.05, 3.63) is 35.5 Å². The second-order valence-electron chi connectivity index (χ2n) is 3.76. The lowest BCUT2D eigenvalue weighted by Crippen LogP contribution is -2.10. The summed E-state index contributed by atoms with van der Waals surface area (Å²) in [5.74, 6) is 3.29. The normalized spacial score (nSPS) is 33.8. The SMILES string of the molecule is C/C1=C2\C=CC=CC2CSCCC1. The number of hydrogen-bond acceptors (Lipinski definition) is 1. The Morgan fingerprint density at radius 1 is 1.38 bits per heavy atom. The number of fused-ring (bicyclic) bond motifs is 1. The van der Waals surface area contributed by atoms with Gasteiger partial charge in [0.05, 0.1) is 0 Å². The van der Waals surface area contributed by atoms with Crippen LogP contribution in [0.2, 0.25) is 0 Å². The van der Waals surface area contributed by atoms with Crippen LogP contribution in [0.15, 0.2) is 35.5 Å². The minimum absolute atomic E-state index is 0.690. The lowest BCUT2D eigenvalue weighted by atomic mass is 9.90. The van der Waals surface area contributed by atoms with Gasteiger partial charge < -0.3 is 0 Å². The first-order valence-corrected chi connectivity index (χ1v) is 6.15. The Labute approximate surface area is 84.8 Å². The summed E-state index contributed by atoms with van der Waals surface area (Å²) in [6.07, 6.45) is 11.6. The van der Waals surface area contributed by atoms with Crippen molar-refractivity contribution in [3.8, 4) is 0 Å². The van der Waals surface area contributed by atoms with Crippen LogP contribution in [0.1, 0.15) is 19.8 Å². The zero-order valence-electron chi connectivity index (χ0n) is 8.12. The second kappa shape index (κ2) is 4.19. The smallest absolute Gasteiger partial charge is 0.0111 e. The van der Waals surface area contributed by atoms with Gasteiger partial charge in [0.2, 0.25) is 0 Å². The first-order chi connectivity index (χ1) is 6.38. The minimum atomic E-state index is 0.690. The Morgan fingerprint density at radius 3 is 3.23 bits per heavy atom. The summed E-state index contributed by atoms with van der Waals surface area (Å²) in [5.41, 5.74) is 3.18. The van der Waals surface area contributed by atoms with E-state index in [2.05, 4.69) is 43.0 Å². The van der Waals surface area contributed by atoms with E-state index in [9.17, 15) is 0 Å². The monoisotopic (exact) mass is 192 g/mol. The number of hydrogen-bond donors (Lipinski definition) is 0. The highest BCUT2D eigenvalue weighted by atomic mass is 32.2. The molecule has 0 aromatic rings. The number of thioether (sulfide) groups is 1. The van der Waals surface area contributed by atoms with E-state index in [0.717, 1.165) is 0 Å². The highest BCUT2D eigenvalue weighted by Crippen LogP contribution is 2.30. The maximum absolute atomic E-state index is 2.34. The van der Waals surface area contributed by atoms with E-state index in [1.54, 1.807) is 11.1 Å². The maximum atomic E-state index is 2.34. The van der Waals surface area contributed by atoms with Gasteiger partial charge >= 0.3 is 0 Å². The molecule has 13 heavy (non-hydrogen) atoms. The molecular weight excluding hydrogens is 176 g/mol. The molecule has 1 atom stereocenters. The summed E-state index contributed by atoms with van der Waals surface area (Å²) < 4.78 is 0. The predicted octanol–water partition coefficient (Wildman–Crippen LogP) is 3.57. The molecule has 1 aliphatic carbocycles. The number of allylic oxidation sites excluding steroid dienone is 6. The highest BCUT2D eigenvalue weighted by Gasteiger charge is 2.15.